The largest absolute Gasteiger partial charge is 0.376 e. The van der Waals surface area contributed by atoms with Crippen molar-refractivity contribution in [1.29, 1.82) is 0 Å². The number of nitrogens with zero attached hydrogens (tertiary/aromatic N) is 4. The van der Waals surface area contributed by atoms with Gasteiger partial charge >= 0.3 is 0 Å². The van der Waals surface area contributed by atoms with E-state index in [-0.39, 0.29) is 11.4 Å². The number of hydrogen-bond donors (Lipinski definition) is 0. The SMILES string of the molecule is O=C(c1cc(Cn2cccn2)on1)N1CCC12COC2. The van der Waals surface area contributed by atoms with Crippen LogP contribution in [-0.2, 0) is 11.3 Å². The minimum Gasteiger partial charge on any atom is -0.376 e. The first-order valence-corrected chi connectivity index (χ1v) is 6.60. The maximum absolute atomic E-state index is 12.4. The Hall–Kier alpha value is -2.15. The molecule has 0 bridgehead atoms. The fourth-order valence-electron chi connectivity index (χ4n) is 2.67. The molecule has 2 aliphatic rings. The van der Waals surface area contributed by atoms with E-state index in [9.17, 15) is 4.79 Å². The third-order valence-electron chi connectivity index (χ3n) is 4.02. The summed E-state index contributed by atoms with van der Waals surface area (Å²) in [7, 11) is 0. The van der Waals surface area contributed by atoms with Gasteiger partial charge in [0.05, 0.1) is 18.8 Å². The summed E-state index contributed by atoms with van der Waals surface area (Å²) in [4.78, 5) is 14.2. The van der Waals surface area contributed by atoms with E-state index in [1.165, 1.54) is 0 Å². The van der Waals surface area contributed by atoms with Gasteiger partial charge in [-0.3, -0.25) is 9.48 Å². The van der Waals surface area contributed by atoms with Gasteiger partial charge in [0.15, 0.2) is 11.5 Å². The Balaban J connectivity index is 1.49. The summed E-state index contributed by atoms with van der Waals surface area (Å²) in [6.07, 6.45) is 4.54. The van der Waals surface area contributed by atoms with Crippen LogP contribution >= 0.6 is 0 Å². The molecule has 2 saturated heterocycles. The number of carbonyl (C=O) groups is 1. The summed E-state index contributed by atoms with van der Waals surface area (Å²) in [5.74, 6) is 0.548. The van der Waals surface area contributed by atoms with Gasteiger partial charge in [0.2, 0.25) is 0 Å². The van der Waals surface area contributed by atoms with Crippen molar-refractivity contribution in [3.63, 3.8) is 0 Å². The summed E-state index contributed by atoms with van der Waals surface area (Å²) in [6.45, 7) is 2.51. The number of rotatable bonds is 3. The fraction of sp³-hybridized carbons (Fsp3) is 0.462. The number of amides is 1. The maximum atomic E-state index is 12.4. The zero-order valence-corrected chi connectivity index (χ0v) is 10.9. The number of hydrogen-bond acceptors (Lipinski definition) is 5. The molecule has 7 heteroatoms. The number of ether oxygens (including phenoxy) is 1. The molecule has 4 rings (SSSR count). The minimum atomic E-state index is -0.0741. The highest BCUT2D eigenvalue weighted by molar-refractivity contribution is 5.93. The van der Waals surface area contributed by atoms with Crippen LogP contribution in [0, 0.1) is 0 Å². The highest BCUT2D eigenvalue weighted by Gasteiger charge is 2.53. The van der Waals surface area contributed by atoms with E-state index in [1.807, 2.05) is 17.2 Å². The first kappa shape index (κ1) is 11.7. The lowest BCUT2D eigenvalue weighted by Crippen LogP contribution is -2.72. The Labute approximate surface area is 115 Å². The molecule has 0 radical (unpaired) electrons. The van der Waals surface area contributed by atoms with Crippen molar-refractivity contribution in [3.8, 4) is 0 Å². The zero-order valence-electron chi connectivity index (χ0n) is 10.9. The summed E-state index contributed by atoms with van der Waals surface area (Å²) in [6, 6.07) is 3.53. The number of carbonyl (C=O) groups excluding carboxylic acids is 1. The molecule has 2 fully saturated rings. The normalized spacial score (nSPS) is 19.7. The predicted octanol–water partition coefficient (Wildman–Crippen LogP) is 0.534. The topological polar surface area (TPSA) is 73.4 Å². The van der Waals surface area contributed by atoms with Gasteiger partial charge < -0.3 is 14.2 Å². The van der Waals surface area contributed by atoms with Crippen LogP contribution in [0.1, 0.15) is 22.7 Å². The Kier molecular flexibility index (Phi) is 2.43. The van der Waals surface area contributed by atoms with E-state index in [0.29, 0.717) is 31.2 Å². The van der Waals surface area contributed by atoms with Crippen molar-refractivity contribution in [2.75, 3.05) is 19.8 Å². The van der Waals surface area contributed by atoms with Crippen molar-refractivity contribution in [3.05, 3.63) is 36.0 Å². The lowest BCUT2D eigenvalue weighted by Gasteiger charge is -2.57. The van der Waals surface area contributed by atoms with Crippen molar-refractivity contribution in [1.82, 2.24) is 19.8 Å². The van der Waals surface area contributed by atoms with Gasteiger partial charge in [0.25, 0.3) is 5.91 Å². The average molecular weight is 274 g/mol. The van der Waals surface area contributed by atoms with Gasteiger partial charge in [-0.2, -0.15) is 5.10 Å². The standard InChI is InChI=1S/C13H14N4O3/c18-12(17-5-2-13(17)8-19-9-13)11-6-10(20-15-11)7-16-4-1-3-14-16/h1,3-4,6H,2,5,7-9H2. The number of likely N-dealkylation sites (tertiary alicyclic amines) is 1. The van der Waals surface area contributed by atoms with Crippen molar-refractivity contribution < 1.29 is 14.1 Å². The van der Waals surface area contributed by atoms with Crippen LogP contribution in [0.5, 0.6) is 0 Å². The molecule has 0 aromatic carbocycles. The second kappa shape index (κ2) is 4.17. The Bertz CT molecular complexity index is 624. The quantitative estimate of drug-likeness (QED) is 0.816. The molecule has 104 valence electrons. The summed E-state index contributed by atoms with van der Waals surface area (Å²) in [5, 5.41) is 7.97. The van der Waals surface area contributed by atoms with Crippen molar-refractivity contribution in [2.45, 2.75) is 18.5 Å². The summed E-state index contributed by atoms with van der Waals surface area (Å²) in [5.41, 5.74) is 0.288. The minimum absolute atomic E-state index is 0.0712. The first-order chi connectivity index (χ1) is 9.77. The molecule has 1 spiro atoms. The van der Waals surface area contributed by atoms with Gasteiger partial charge in [-0.25, -0.2) is 0 Å². The molecule has 4 heterocycles. The molecule has 2 aliphatic heterocycles. The third kappa shape index (κ3) is 1.66. The van der Waals surface area contributed by atoms with E-state index in [2.05, 4.69) is 10.3 Å². The van der Waals surface area contributed by atoms with Crippen molar-refractivity contribution in [2.24, 2.45) is 0 Å². The highest BCUT2D eigenvalue weighted by Crippen LogP contribution is 2.38. The van der Waals surface area contributed by atoms with Crippen LogP contribution in [0.2, 0.25) is 0 Å². The lowest BCUT2D eigenvalue weighted by atomic mass is 9.82. The molecule has 1 amide bonds. The van der Waals surface area contributed by atoms with Crippen LogP contribution in [-0.4, -0.2) is 51.0 Å². The third-order valence-corrected chi connectivity index (χ3v) is 4.02. The van der Waals surface area contributed by atoms with Crippen molar-refractivity contribution >= 4 is 5.91 Å². The van der Waals surface area contributed by atoms with E-state index in [0.717, 1.165) is 13.0 Å². The molecule has 20 heavy (non-hydrogen) atoms. The van der Waals surface area contributed by atoms with Crippen LogP contribution in [0.3, 0.4) is 0 Å². The number of aromatic nitrogens is 3. The summed E-state index contributed by atoms with van der Waals surface area (Å²) >= 11 is 0. The van der Waals surface area contributed by atoms with Crippen LogP contribution in [0.25, 0.3) is 0 Å². The van der Waals surface area contributed by atoms with Gasteiger partial charge in [-0.05, 0) is 12.5 Å². The van der Waals surface area contributed by atoms with E-state index >= 15 is 0 Å². The van der Waals surface area contributed by atoms with Gasteiger partial charge in [0.1, 0.15) is 6.54 Å². The molecule has 0 atom stereocenters. The summed E-state index contributed by atoms with van der Waals surface area (Å²) < 4.78 is 12.2. The Morgan fingerprint density at radius 2 is 2.35 bits per heavy atom. The molecule has 0 aliphatic carbocycles. The molecule has 0 saturated carbocycles. The van der Waals surface area contributed by atoms with E-state index < -0.39 is 0 Å². The molecule has 7 nitrogen and oxygen atoms in total. The second-order valence-corrected chi connectivity index (χ2v) is 5.31. The molecule has 0 N–H and O–H groups in total. The Morgan fingerprint density at radius 1 is 1.45 bits per heavy atom. The smallest absolute Gasteiger partial charge is 0.276 e. The Morgan fingerprint density at radius 3 is 2.95 bits per heavy atom. The predicted molar refractivity (Wildman–Crippen MR) is 67.0 cm³/mol. The second-order valence-electron chi connectivity index (χ2n) is 5.31. The van der Waals surface area contributed by atoms with E-state index in [1.54, 1.807) is 16.9 Å². The van der Waals surface area contributed by atoms with Gasteiger partial charge in [0, 0.05) is 25.0 Å². The lowest BCUT2D eigenvalue weighted by molar-refractivity contribution is -0.172. The average Bonchev–Trinajstić information content (AvgIpc) is 2.97. The van der Waals surface area contributed by atoms with Gasteiger partial charge in [-0.1, -0.05) is 5.16 Å². The van der Waals surface area contributed by atoms with E-state index in [4.69, 9.17) is 9.26 Å². The van der Waals surface area contributed by atoms with Crippen LogP contribution in [0.15, 0.2) is 29.0 Å². The maximum Gasteiger partial charge on any atom is 0.276 e. The molecule has 2 aromatic heterocycles. The fourth-order valence-corrected chi connectivity index (χ4v) is 2.67. The molecule has 2 aromatic rings. The molecular formula is C13H14N4O3. The van der Waals surface area contributed by atoms with Crippen LogP contribution in [0.4, 0.5) is 0 Å². The monoisotopic (exact) mass is 274 g/mol. The van der Waals surface area contributed by atoms with Gasteiger partial charge in [-0.15, -0.1) is 0 Å². The molecular weight excluding hydrogens is 260 g/mol. The zero-order chi connectivity index (χ0) is 13.6. The molecule has 0 unspecified atom stereocenters. The first-order valence-electron chi connectivity index (χ1n) is 6.60. The van der Waals surface area contributed by atoms with Crippen LogP contribution < -0.4 is 0 Å². The highest BCUT2D eigenvalue weighted by atomic mass is 16.5.